The Hall–Kier alpha value is -1.66. The first-order valence-electron chi connectivity index (χ1n) is 8.00. The van der Waals surface area contributed by atoms with Gasteiger partial charge in [-0.25, -0.2) is 0 Å². The van der Waals surface area contributed by atoms with Gasteiger partial charge in [0.2, 0.25) is 0 Å². The fourth-order valence-corrected chi connectivity index (χ4v) is 2.25. The van der Waals surface area contributed by atoms with Crippen LogP contribution in [-0.2, 0) is 4.74 Å². The Balaban J connectivity index is 1.81. The van der Waals surface area contributed by atoms with E-state index in [4.69, 9.17) is 4.74 Å². The van der Waals surface area contributed by atoms with Gasteiger partial charge >= 0.3 is 0 Å². The molecule has 1 aliphatic rings. The molecule has 1 atom stereocenters. The number of ether oxygens (including phenoxy) is 1. The molecule has 6 heteroatoms. The lowest BCUT2D eigenvalue weighted by molar-refractivity contribution is 0.0398. The minimum absolute atomic E-state index is 0.119. The van der Waals surface area contributed by atoms with Gasteiger partial charge in [0.05, 0.1) is 13.2 Å². The van der Waals surface area contributed by atoms with Gasteiger partial charge in [0, 0.05) is 44.1 Å². The molecule has 1 aromatic heterocycles. The lowest BCUT2D eigenvalue weighted by atomic mass is 10.2. The zero-order chi connectivity index (χ0) is 15.8. The third-order valence-electron chi connectivity index (χ3n) is 3.84. The first-order valence-corrected chi connectivity index (χ1v) is 8.00. The zero-order valence-corrected chi connectivity index (χ0v) is 13.5. The van der Waals surface area contributed by atoms with Gasteiger partial charge in [-0.15, -0.1) is 0 Å². The molecule has 2 rings (SSSR count). The molecule has 0 spiro atoms. The van der Waals surface area contributed by atoms with E-state index in [0.717, 1.165) is 51.5 Å². The van der Waals surface area contributed by atoms with Crippen LogP contribution in [0.2, 0.25) is 0 Å². The number of pyridine rings is 1. The van der Waals surface area contributed by atoms with Crippen LogP contribution in [0.3, 0.4) is 0 Å². The fraction of sp³-hybridized carbons (Fsp3) is 0.625. The summed E-state index contributed by atoms with van der Waals surface area (Å²) >= 11 is 0. The van der Waals surface area contributed by atoms with Gasteiger partial charge in [0.25, 0.3) is 5.91 Å². The second-order valence-electron chi connectivity index (χ2n) is 5.59. The summed E-state index contributed by atoms with van der Waals surface area (Å²) in [6, 6.07) is 3.85. The van der Waals surface area contributed by atoms with Gasteiger partial charge in [0.1, 0.15) is 5.69 Å². The Morgan fingerprint density at radius 1 is 1.45 bits per heavy atom. The molecule has 1 aliphatic heterocycles. The van der Waals surface area contributed by atoms with Crippen molar-refractivity contribution in [3.05, 3.63) is 24.0 Å². The SMILES string of the molecule is CCC(C)NC(=O)c1cc(NCCN2CCOCC2)ccn1. The van der Waals surface area contributed by atoms with E-state index in [1.807, 2.05) is 19.9 Å². The number of anilines is 1. The third kappa shape index (κ3) is 5.27. The molecule has 1 unspecified atom stereocenters. The summed E-state index contributed by atoms with van der Waals surface area (Å²) in [5.74, 6) is -0.119. The van der Waals surface area contributed by atoms with Crippen LogP contribution in [0.4, 0.5) is 5.69 Å². The predicted octanol–water partition coefficient (Wildman–Crippen LogP) is 1.35. The number of carbonyl (C=O) groups excluding carboxylic acids is 1. The number of hydrogen-bond acceptors (Lipinski definition) is 5. The van der Waals surface area contributed by atoms with Crippen molar-refractivity contribution in [2.45, 2.75) is 26.3 Å². The lowest BCUT2D eigenvalue weighted by Gasteiger charge is -2.26. The van der Waals surface area contributed by atoms with Gasteiger partial charge in [-0.2, -0.15) is 0 Å². The normalized spacial score (nSPS) is 17.0. The van der Waals surface area contributed by atoms with Crippen LogP contribution < -0.4 is 10.6 Å². The smallest absolute Gasteiger partial charge is 0.270 e. The second kappa shape index (κ2) is 8.70. The number of nitrogens with one attached hydrogen (secondary N) is 2. The van der Waals surface area contributed by atoms with E-state index >= 15 is 0 Å². The molecule has 1 amide bonds. The highest BCUT2D eigenvalue weighted by Gasteiger charge is 2.11. The maximum absolute atomic E-state index is 12.1. The highest BCUT2D eigenvalue weighted by Crippen LogP contribution is 2.08. The Morgan fingerprint density at radius 3 is 2.95 bits per heavy atom. The van der Waals surface area contributed by atoms with Crippen LogP contribution in [0.5, 0.6) is 0 Å². The van der Waals surface area contributed by atoms with Crippen molar-refractivity contribution in [1.29, 1.82) is 0 Å². The van der Waals surface area contributed by atoms with Crippen LogP contribution in [-0.4, -0.2) is 61.2 Å². The van der Waals surface area contributed by atoms with E-state index in [0.29, 0.717) is 5.69 Å². The molecule has 6 nitrogen and oxygen atoms in total. The van der Waals surface area contributed by atoms with Crippen molar-refractivity contribution in [3.8, 4) is 0 Å². The summed E-state index contributed by atoms with van der Waals surface area (Å²) < 4.78 is 5.33. The van der Waals surface area contributed by atoms with E-state index in [1.165, 1.54) is 0 Å². The van der Waals surface area contributed by atoms with Crippen LogP contribution in [0.25, 0.3) is 0 Å². The van der Waals surface area contributed by atoms with Crippen LogP contribution in [0.1, 0.15) is 30.8 Å². The van der Waals surface area contributed by atoms with Gasteiger partial charge < -0.3 is 15.4 Å². The number of rotatable bonds is 7. The molecular weight excluding hydrogens is 280 g/mol. The second-order valence-corrected chi connectivity index (χ2v) is 5.59. The highest BCUT2D eigenvalue weighted by atomic mass is 16.5. The van der Waals surface area contributed by atoms with E-state index < -0.39 is 0 Å². The molecule has 1 saturated heterocycles. The summed E-state index contributed by atoms with van der Waals surface area (Å²) in [5.41, 5.74) is 1.38. The molecule has 2 heterocycles. The minimum atomic E-state index is -0.119. The van der Waals surface area contributed by atoms with Crippen molar-refractivity contribution in [1.82, 2.24) is 15.2 Å². The number of nitrogens with zero attached hydrogens (tertiary/aromatic N) is 2. The van der Waals surface area contributed by atoms with Crippen LogP contribution >= 0.6 is 0 Å². The molecule has 2 N–H and O–H groups in total. The van der Waals surface area contributed by atoms with Crippen molar-refractivity contribution >= 4 is 11.6 Å². The molecule has 0 radical (unpaired) electrons. The Bertz CT molecular complexity index is 475. The summed E-state index contributed by atoms with van der Waals surface area (Å²) in [7, 11) is 0. The van der Waals surface area contributed by atoms with Crippen molar-refractivity contribution in [3.63, 3.8) is 0 Å². The Labute approximate surface area is 132 Å². The van der Waals surface area contributed by atoms with Crippen molar-refractivity contribution in [2.75, 3.05) is 44.7 Å². The molecule has 1 aromatic rings. The van der Waals surface area contributed by atoms with Crippen LogP contribution in [0.15, 0.2) is 18.3 Å². The third-order valence-corrected chi connectivity index (χ3v) is 3.84. The van der Waals surface area contributed by atoms with E-state index in [1.54, 1.807) is 12.3 Å². The molecule has 1 fully saturated rings. The molecule has 0 saturated carbocycles. The number of aromatic nitrogens is 1. The summed E-state index contributed by atoms with van der Waals surface area (Å²) in [6.45, 7) is 9.45. The molecule has 0 aliphatic carbocycles. The topological polar surface area (TPSA) is 66.5 Å². The van der Waals surface area contributed by atoms with E-state index in [9.17, 15) is 4.79 Å². The molecule has 22 heavy (non-hydrogen) atoms. The first-order chi connectivity index (χ1) is 10.7. The molecule has 0 aromatic carbocycles. The maximum Gasteiger partial charge on any atom is 0.270 e. The van der Waals surface area contributed by atoms with Crippen molar-refractivity contribution < 1.29 is 9.53 Å². The fourth-order valence-electron chi connectivity index (χ4n) is 2.25. The summed E-state index contributed by atoms with van der Waals surface area (Å²) in [4.78, 5) is 18.6. The van der Waals surface area contributed by atoms with Gasteiger partial charge in [0.15, 0.2) is 0 Å². The van der Waals surface area contributed by atoms with Gasteiger partial charge in [-0.3, -0.25) is 14.7 Å². The van der Waals surface area contributed by atoms with E-state index in [2.05, 4.69) is 20.5 Å². The summed E-state index contributed by atoms with van der Waals surface area (Å²) in [6.07, 6.45) is 2.58. The zero-order valence-electron chi connectivity index (χ0n) is 13.5. The monoisotopic (exact) mass is 306 g/mol. The number of hydrogen-bond donors (Lipinski definition) is 2. The summed E-state index contributed by atoms with van der Waals surface area (Å²) in [5, 5.41) is 6.28. The quantitative estimate of drug-likeness (QED) is 0.796. The largest absolute Gasteiger partial charge is 0.384 e. The number of amides is 1. The minimum Gasteiger partial charge on any atom is -0.384 e. The van der Waals surface area contributed by atoms with Gasteiger partial charge in [-0.1, -0.05) is 6.92 Å². The Morgan fingerprint density at radius 2 is 2.23 bits per heavy atom. The Kier molecular flexibility index (Phi) is 6.61. The molecule has 122 valence electrons. The van der Waals surface area contributed by atoms with Crippen LogP contribution in [0, 0.1) is 0 Å². The average molecular weight is 306 g/mol. The molecule has 0 bridgehead atoms. The van der Waals surface area contributed by atoms with Crippen molar-refractivity contribution in [2.24, 2.45) is 0 Å². The molecular formula is C16H26N4O2. The lowest BCUT2D eigenvalue weighted by Crippen LogP contribution is -2.39. The van der Waals surface area contributed by atoms with Gasteiger partial charge in [-0.05, 0) is 25.5 Å². The number of carbonyl (C=O) groups is 1. The number of morpholine rings is 1. The predicted molar refractivity (Wildman–Crippen MR) is 87.2 cm³/mol. The maximum atomic E-state index is 12.1. The van der Waals surface area contributed by atoms with E-state index in [-0.39, 0.29) is 11.9 Å². The average Bonchev–Trinajstić information content (AvgIpc) is 2.56. The highest BCUT2D eigenvalue weighted by molar-refractivity contribution is 5.93. The first kappa shape index (κ1) is 16.7. The standard InChI is InChI=1S/C16H26N4O2/c1-3-13(2)19-16(21)15-12-14(4-5-18-15)17-6-7-20-8-10-22-11-9-20/h4-5,12-13H,3,6-11H2,1-2H3,(H,17,18)(H,19,21).